The molecule has 1 fully saturated rings. The van der Waals surface area contributed by atoms with E-state index in [1.165, 1.54) is 0 Å². The number of rotatable bonds is 3. The highest BCUT2D eigenvalue weighted by Crippen LogP contribution is 2.35. The number of nitrogens with one attached hydrogen (secondary N) is 1. The standard InChI is InChI=1S/C19H18Cl2F3N3O/c1-11-2-3-16(14(20)8-11)26-18(28)12-4-6-27(7-5-12)17-15(21)9-13(10-25-17)19(22,23)24/h2-3,8-10,12H,4-7H2,1H3,(H,26,28). The van der Waals surface area contributed by atoms with Crippen molar-refractivity contribution in [2.24, 2.45) is 5.92 Å². The summed E-state index contributed by atoms with van der Waals surface area (Å²) in [6.45, 7) is 2.85. The molecule has 2 aromatic rings. The first-order valence-electron chi connectivity index (χ1n) is 8.70. The number of nitrogens with zero attached hydrogens (tertiary/aromatic N) is 2. The van der Waals surface area contributed by atoms with Gasteiger partial charge in [-0.25, -0.2) is 4.98 Å². The summed E-state index contributed by atoms with van der Waals surface area (Å²) in [6.07, 6.45) is -2.64. The van der Waals surface area contributed by atoms with Crippen molar-refractivity contribution in [2.75, 3.05) is 23.3 Å². The number of carbonyl (C=O) groups is 1. The first kappa shape index (κ1) is 20.7. The Morgan fingerprint density at radius 3 is 2.43 bits per heavy atom. The molecule has 0 atom stereocenters. The lowest BCUT2D eigenvalue weighted by Gasteiger charge is -2.32. The lowest BCUT2D eigenvalue weighted by Crippen LogP contribution is -2.38. The summed E-state index contributed by atoms with van der Waals surface area (Å²) in [6, 6.07) is 6.28. The van der Waals surface area contributed by atoms with Gasteiger partial charge in [-0.1, -0.05) is 29.3 Å². The Kier molecular flexibility index (Phi) is 6.05. The highest BCUT2D eigenvalue weighted by molar-refractivity contribution is 6.34. The van der Waals surface area contributed by atoms with Gasteiger partial charge in [0.05, 0.1) is 21.3 Å². The summed E-state index contributed by atoms with van der Waals surface area (Å²) in [4.78, 5) is 18.2. The number of carbonyl (C=O) groups excluding carboxylic acids is 1. The molecule has 1 amide bonds. The molecular formula is C19H18Cl2F3N3O. The highest BCUT2D eigenvalue weighted by atomic mass is 35.5. The van der Waals surface area contributed by atoms with Crippen LogP contribution in [0, 0.1) is 12.8 Å². The largest absolute Gasteiger partial charge is 0.417 e. The zero-order chi connectivity index (χ0) is 20.5. The molecule has 1 aromatic carbocycles. The van der Waals surface area contributed by atoms with E-state index in [1.807, 2.05) is 13.0 Å². The molecule has 2 heterocycles. The van der Waals surface area contributed by atoms with E-state index in [2.05, 4.69) is 10.3 Å². The first-order valence-corrected chi connectivity index (χ1v) is 9.45. The number of anilines is 2. The summed E-state index contributed by atoms with van der Waals surface area (Å²) in [5, 5.41) is 3.27. The van der Waals surface area contributed by atoms with Crippen molar-refractivity contribution in [3.05, 3.63) is 51.6 Å². The number of hydrogen-bond acceptors (Lipinski definition) is 3. The maximum atomic E-state index is 12.7. The fourth-order valence-corrected chi connectivity index (χ4v) is 3.70. The monoisotopic (exact) mass is 431 g/mol. The van der Waals surface area contributed by atoms with Gasteiger partial charge in [0, 0.05) is 25.2 Å². The van der Waals surface area contributed by atoms with Gasteiger partial charge in [-0.2, -0.15) is 13.2 Å². The number of halogens is 5. The Bertz CT molecular complexity index is 881. The number of amides is 1. The summed E-state index contributed by atoms with van der Waals surface area (Å²) in [5.74, 6) is -0.0474. The molecule has 150 valence electrons. The van der Waals surface area contributed by atoms with E-state index in [-0.39, 0.29) is 16.8 Å². The van der Waals surface area contributed by atoms with Crippen molar-refractivity contribution in [1.29, 1.82) is 0 Å². The molecule has 0 aliphatic carbocycles. The number of hydrogen-bond donors (Lipinski definition) is 1. The summed E-state index contributed by atoms with van der Waals surface area (Å²) in [7, 11) is 0. The Balaban J connectivity index is 1.62. The molecule has 0 bridgehead atoms. The van der Waals surface area contributed by atoms with E-state index in [1.54, 1.807) is 17.0 Å². The quantitative estimate of drug-likeness (QED) is 0.690. The normalized spacial score (nSPS) is 15.6. The minimum absolute atomic E-state index is 0.0517. The zero-order valence-electron chi connectivity index (χ0n) is 15.0. The third-order valence-electron chi connectivity index (χ3n) is 4.70. The van der Waals surface area contributed by atoms with E-state index in [4.69, 9.17) is 23.2 Å². The fourth-order valence-electron chi connectivity index (χ4n) is 3.13. The highest BCUT2D eigenvalue weighted by Gasteiger charge is 2.33. The predicted molar refractivity (Wildman–Crippen MR) is 104 cm³/mol. The Morgan fingerprint density at radius 1 is 1.18 bits per heavy atom. The zero-order valence-corrected chi connectivity index (χ0v) is 16.5. The van der Waals surface area contributed by atoms with Crippen LogP contribution in [0.4, 0.5) is 24.7 Å². The van der Waals surface area contributed by atoms with Gasteiger partial charge in [0.1, 0.15) is 5.82 Å². The molecule has 0 saturated carbocycles. The van der Waals surface area contributed by atoms with E-state index in [0.29, 0.717) is 42.5 Å². The van der Waals surface area contributed by atoms with Crippen molar-refractivity contribution in [3.63, 3.8) is 0 Å². The van der Waals surface area contributed by atoms with Gasteiger partial charge in [-0.15, -0.1) is 0 Å². The summed E-state index contributed by atoms with van der Waals surface area (Å²) < 4.78 is 38.2. The molecule has 0 unspecified atom stereocenters. The molecule has 1 aliphatic rings. The van der Waals surface area contributed by atoms with Crippen LogP contribution in [-0.4, -0.2) is 24.0 Å². The number of alkyl halides is 3. The summed E-state index contributed by atoms with van der Waals surface area (Å²) in [5.41, 5.74) is 0.676. The second-order valence-corrected chi connectivity index (χ2v) is 7.58. The third kappa shape index (κ3) is 4.70. The van der Waals surface area contributed by atoms with Gasteiger partial charge >= 0.3 is 6.18 Å². The van der Waals surface area contributed by atoms with Crippen LogP contribution in [0.25, 0.3) is 0 Å². The van der Waals surface area contributed by atoms with Gasteiger partial charge in [0.2, 0.25) is 5.91 Å². The van der Waals surface area contributed by atoms with Gasteiger partial charge in [0.25, 0.3) is 0 Å². The molecule has 28 heavy (non-hydrogen) atoms. The van der Waals surface area contributed by atoms with Crippen LogP contribution in [0.1, 0.15) is 24.0 Å². The van der Waals surface area contributed by atoms with Crippen LogP contribution in [0.2, 0.25) is 10.0 Å². The molecule has 0 radical (unpaired) electrons. The topological polar surface area (TPSA) is 45.2 Å². The van der Waals surface area contributed by atoms with E-state index < -0.39 is 11.7 Å². The molecular weight excluding hydrogens is 414 g/mol. The lowest BCUT2D eigenvalue weighted by molar-refractivity contribution is -0.137. The smallest absolute Gasteiger partial charge is 0.355 e. The second-order valence-electron chi connectivity index (χ2n) is 6.76. The van der Waals surface area contributed by atoms with Crippen LogP contribution >= 0.6 is 23.2 Å². The number of aryl methyl sites for hydroxylation is 1. The molecule has 1 saturated heterocycles. The van der Waals surface area contributed by atoms with E-state index >= 15 is 0 Å². The Labute approximate surface area is 170 Å². The first-order chi connectivity index (χ1) is 13.1. The molecule has 0 spiro atoms. The molecule has 1 aromatic heterocycles. The third-order valence-corrected chi connectivity index (χ3v) is 5.29. The van der Waals surface area contributed by atoms with Gasteiger partial charge < -0.3 is 10.2 Å². The molecule has 3 rings (SSSR count). The van der Waals surface area contributed by atoms with Crippen molar-refractivity contribution in [1.82, 2.24) is 4.98 Å². The maximum absolute atomic E-state index is 12.7. The summed E-state index contributed by atoms with van der Waals surface area (Å²) >= 11 is 12.2. The van der Waals surface area contributed by atoms with Crippen molar-refractivity contribution >= 4 is 40.6 Å². The molecule has 1 N–H and O–H groups in total. The van der Waals surface area contributed by atoms with Crippen molar-refractivity contribution < 1.29 is 18.0 Å². The molecule has 1 aliphatic heterocycles. The predicted octanol–water partition coefficient (Wildman–Crippen LogP) is 5.57. The molecule has 9 heteroatoms. The SMILES string of the molecule is Cc1ccc(NC(=O)C2CCN(c3ncc(C(F)(F)F)cc3Cl)CC2)c(Cl)c1. The molecule has 4 nitrogen and oxygen atoms in total. The van der Waals surface area contributed by atoms with Crippen molar-refractivity contribution in [2.45, 2.75) is 25.9 Å². The maximum Gasteiger partial charge on any atom is 0.417 e. The van der Waals surface area contributed by atoms with Crippen LogP contribution in [0.15, 0.2) is 30.5 Å². The van der Waals surface area contributed by atoms with Crippen LogP contribution in [0.5, 0.6) is 0 Å². The number of aromatic nitrogens is 1. The van der Waals surface area contributed by atoms with Gasteiger partial charge in [-0.3, -0.25) is 4.79 Å². The second kappa shape index (κ2) is 8.17. The van der Waals surface area contributed by atoms with Crippen molar-refractivity contribution in [3.8, 4) is 0 Å². The minimum Gasteiger partial charge on any atom is -0.355 e. The van der Waals surface area contributed by atoms with Crippen LogP contribution in [0.3, 0.4) is 0 Å². The minimum atomic E-state index is -4.49. The van der Waals surface area contributed by atoms with E-state index in [0.717, 1.165) is 17.8 Å². The van der Waals surface area contributed by atoms with Gasteiger partial charge in [0.15, 0.2) is 0 Å². The number of benzene rings is 1. The number of piperidine rings is 1. The van der Waals surface area contributed by atoms with Crippen LogP contribution in [-0.2, 0) is 11.0 Å². The Morgan fingerprint density at radius 2 is 1.86 bits per heavy atom. The fraction of sp³-hybridized carbons (Fsp3) is 0.368. The van der Waals surface area contributed by atoms with E-state index in [9.17, 15) is 18.0 Å². The Hall–Kier alpha value is -1.99. The average Bonchev–Trinajstić information content (AvgIpc) is 2.63. The van der Waals surface area contributed by atoms with Crippen LogP contribution < -0.4 is 10.2 Å². The number of pyridine rings is 1. The average molecular weight is 432 g/mol. The lowest BCUT2D eigenvalue weighted by atomic mass is 9.95. The van der Waals surface area contributed by atoms with Gasteiger partial charge in [-0.05, 0) is 43.5 Å².